The minimum Gasteiger partial charge on any atom is -0.310 e. The van der Waals surface area contributed by atoms with E-state index in [0.29, 0.717) is 0 Å². The molecule has 0 unspecified atom stereocenters. The Labute approximate surface area is 481 Å². The molecule has 0 atom stereocenters. The third-order valence-corrected chi connectivity index (χ3v) is 28.6. The van der Waals surface area contributed by atoms with E-state index in [9.17, 15) is 0 Å². The number of nitrogens with zero attached hydrogens (tertiary/aromatic N) is 1. The summed E-state index contributed by atoms with van der Waals surface area (Å²) in [4.78, 5) is 2.53. The molecule has 2 aliphatic carbocycles. The molecule has 382 valence electrons. The summed E-state index contributed by atoms with van der Waals surface area (Å²) in [5.41, 5.74) is 21.3. The molecule has 0 bridgehead atoms. The Morgan fingerprint density at radius 3 is 1.09 bits per heavy atom. The van der Waals surface area contributed by atoms with E-state index in [0.717, 1.165) is 17.1 Å². The monoisotopic (exact) mass is 1070 g/mol. The molecule has 2 heterocycles. The Bertz CT molecular complexity index is 4570. The van der Waals surface area contributed by atoms with Gasteiger partial charge in [0.2, 0.25) is 0 Å². The maximum atomic E-state index is 2.54. The number of fused-ring (bicyclic) bond motifs is 16. The molecule has 13 aromatic carbocycles. The van der Waals surface area contributed by atoms with Crippen LogP contribution in [-0.2, 0) is 5.41 Å². The zero-order valence-electron chi connectivity index (χ0n) is 45.0. The quantitative estimate of drug-likeness (QED) is 0.137. The van der Waals surface area contributed by atoms with Gasteiger partial charge in [-0.1, -0.05) is 285 Å². The molecule has 2 aliphatic heterocycles. The highest BCUT2D eigenvalue weighted by atomic mass is 28.3. The Hall–Kier alpha value is -9.91. The van der Waals surface area contributed by atoms with Gasteiger partial charge in [0.15, 0.2) is 16.1 Å². The molecule has 0 N–H and O–H groups in total. The van der Waals surface area contributed by atoms with Gasteiger partial charge in [0.05, 0.1) is 5.41 Å². The van der Waals surface area contributed by atoms with E-state index in [1.165, 1.54) is 119 Å². The molecule has 0 aromatic heterocycles. The number of hydrogen-bond donors (Lipinski definition) is 0. The highest BCUT2D eigenvalue weighted by Gasteiger charge is 2.53. The number of benzene rings is 13. The summed E-state index contributed by atoms with van der Waals surface area (Å²) in [6, 6.07) is 123. The molecule has 0 saturated heterocycles. The Kier molecular flexibility index (Phi) is 10.3. The molecule has 1 spiro atoms. The normalized spacial score (nSPS) is 14.4. The smallest absolute Gasteiger partial charge is 0.180 e. The minimum atomic E-state index is -2.83. The lowest BCUT2D eigenvalue weighted by Gasteiger charge is -2.33. The molecule has 0 fully saturated rings. The van der Waals surface area contributed by atoms with Crippen molar-refractivity contribution in [3.63, 3.8) is 0 Å². The van der Waals surface area contributed by atoms with Crippen LogP contribution in [0.15, 0.2) is 322 Å². The average Bonchev–Trinajstić information content (AvgIpc) is 1.73. The summed E-state index contributed by atoms with van der Waals surface area (Å²) in [6.07, 6.45) is 0. The highest BCUT2D eigenvalue weighted by molar-refractivity contribution is 7.23. The molecule has 4 aliphatic rings. The maximum absolute atomic E-state index is 2.83. The number of anilines is 3. The van der Waals surface area contributed by atoms with Crippen LogP contribution < -0.4 is 46.4 Å². The van der Waals surface area contributed by atoms with E-state index >= 15 is 0 Å². The molecular formula is C79H53NSi2. The average molecular weight is 1070 g/mol. The van der Waals surface area contributed by atoms with Gasteiger partial charge in [0.1, 0.15) is 0 Å². The van der Waals surface area contributed by atoms with Crippen molar-refractivity contribution in [3.8, 4) is 55.6 Å². The van der Waals surface area contributed by atoms with Gasteiger partial charge >= 0.3 is 0 Å². The van der Waals surface area contributed by atoms with Gasteiger partial charge in [-0.15, -0.1) is 0 Å². The predicted molar refractivity (Wildman–Crippen MR) is 348 cm³/mol. The number of rotatable bonds is 8. The van der Waals surface area contributed by atoms with Crippen molar-refractivity contribution in [1.29, 1.82) is 0 Å². The molecule has 3 heteroatoms. The van der Waals surface area contributed by atoms with Crippen LogP contribution in [0, 0.1) is 0 Å². The van der Waals surface area contributed by atoms with E-state index in [2.05, 4.69) is 326 Å². The first-order valence-corrected chi connectivity index (χ1v) is 32.7. The van der Waals surface area contributed by atoms with Gasteiger partial charge in [-0.2, -0.15) is 0 Å². The van der Waals surface area contributed by atoms with Crippen LogP contribution in [0.1, 0.15) is 22.3 Å². The van der Waals surface area contributed by atoms with Gasteiger partial charge in [0, 0.05) is 17.1 Å². The lowest BCUT2D eigenvalue weighted by molar-refractivity contribution is 0.794. The van der Waals surface area contributed by atoms with Gasteiger partial charge < -0.3 is 4.90 Å². The van der Waals surface area contributed by atoms with Crippen LogP contribution in [-0.4, -0.2) is 16.1 Å². The topological polar surface area (TPSA) is 3.24 Å². The van der Waals surface area contributed by atoms with Crippen LogP contribution in [0.3, 0.4) is 0 Å². The van der Waals surface area contributed by atoms with E-state index in [1.807, 2.05) is 0 Å². The third kappa shape index (κ3) is 6.32. The Morgan fingerprint density at radius 1 is 0.207 bits per heavy atom. The fourth-order valence-electron chi connectivity index (χ4n) is 15.7. The van der Waals surface area contributed by atoms with E-state index in [1.54, 1.807) is 0 Å². The first-order chi connectivity index (χ1) is 40.7. The van der Waals surface area contributed by atoms with Crippen molar-refractivity contribution >= 4 is 74.7 Å². The van der Waals surface area contributed by atoms with E-state index in [4.69, 9.17) is 0 Å². The largest absolute Gasteiger partial charge is 0.310 e. The second-order valence-corrected chi connectivity index (χ2v) is 30.0. The van der Waals surface area contributed by atoms with Crippen LogP contribution in [0.25, 0.3) is 55.6 Å². The molecule has 17 rings (SSSR count). The molecule has 82 heavy (non-hydrogen) atoms. The molecule has 0 amide bonds. The molecule has 0 radical (unpaired) electrons. The lowest BCUT2D eigenvalue weighted by atomic mass is 9.70. The second kappa shape index (κ2) is 18.1. The third-order valence-electron chi connectivity index (χ3n) is 18.9. The fourth-order valence-corrected chi connectivity index (χ4v) is 26.1. The summed E-state index contributed by atoms with van der Waals surface area (Å²) in [5.74, 6) is 0. The number of hydrogen-bond acceptors (Lipinski definition) is 1. The van der Waals surface area contributed by atoms with E-state index in [-0.39, 0.29) is 0 Å². The summed E-state index contributed by atoms with van der Waals surface area (Å²) in [5, 5.41) is 11.4. The van der Waals surface area contributed by atoms with Gasteiger partial charge in [-0.05, 0) is 156 Å². The molecule has 1 nitrogen and oxygen atoms in total. The molecule has 0 saturated carbocycles. The summed E-state index contributed by atoms with van der Waals surface area (Å²) in [7, 11) is -5.52. The molecule has 13 aromatic rings. The Morgan fingerprint density at radius 2 is 0.573 bits per heavy atom. The van der Waals surface area contributed by atoms with Crippen molar-refractivity contribution in [1.82, 2.24) is 0 Å². The van der Waals surface area contributed by atoms with Gasteiger partial charge in [-0.25, -0.2) is 0 Å². The van der Waals surface area contributed by atoms with Crippen molar-refractivity contribution in [2.45, 2.75) is 5.41 Å². The maximum Gasteiger partial charge on any atom is 0.180 e. The SMILES string of the molecule is c1ccc([Si]2(c3cccc(N(c4ccc(-c5ccc6c(c5)[Si](c5ccccc5)(c5ccccc5)c5ccccc5-6)cc4)c4ccc5c(c4)-c4ccccc4C54c5ccccc5-c5ccccc54)c3)c3ccccc3-c3ccccc32)cc1. The van der Waals surface area contributed by atoms with Crippen molar-refractivity contribution in [2.75, 3.05) is 4.90 Å². The Balaban J connectivity index is 0.867. The first kappa shape index (κ1) is 47.0. The zero-order chi connectivity index (χ0) is 54.0. The lowest BCUT2D eigenvalue weighted by Crippen LogP contribution is -2.72. The minimum absolute atomic E-state index is 0.431. The van der Waals surface area contributed by atoms with Crippen molar-refractivity contribution < 1.29 is 0 Å². The zero-order valence-corrected chi connectivity index (χ0v) is 47.0. The summed E-state index contributed by atoms with van der Waals surface area (Å²) in [6.45, 7) is 0. The van der Waals surface area contributed by atoms with Gasteiger partial charge in [-0.3, -0.25) is 0 Å². The van der Waals surface area contributed by atoms with Crippen LogP contribution in [0.5, 0.6) is 0 Å². The summed E-state index contributed by atoms with van der Waals surface area (Å²) < 4.78 is 0. The predicted octanol–water partition coefficient (Wildman–Crippen LogP) is 13.9. The van der Waals surface area contributed by atoms with E-state index < -0.39 is 21.6 Å². The fraction of sp³-hybridized carbons (Fsp3) is 0.0127. The van der Waals surface area contributed by atoms with Crippen molar-refractivity contribution in [3.05, 3.63) is 344 Å². The van der Waals surface area contributed by atoms with Crippen LogP contribution in [0.2, 0.25) is 0 Å². The van der Waals surface area contributed by atoms with Crippen LogP contribution in [0.4, 0.5) is 17.1 Å². The first-order valence-electron chi connectivity index (χ1n) is 28.7. The van der Waals surface area contributed by atoms with Gasteiger partial charge in [0.25, 0.3) is 0 Å². The van der Waals surface area contributed by atoms with Crippen molar-refractivity contribution in [2.24, 2.45) is 0 Å². The summed E-state index contributed by atoms with van der Waals surface area (Å²) >= 11 is 0. The molecular weight excluding hydrogens is 1020 g/mol. The standard InChI is InChI=1S/C79H53NSi2/c1-4-24-59(25-5-1)81(60-26-6-2-7-27-60)75-40-19-15-36-68(75)69-49-45-55(51-78(69)81)54-43-46-56(47-44-54)80(57-23-22-30-62(52-57)82(61-28-8-3-9-29-61)76-41-20-13-34-66(76)67-35-14-21-42-77(67)82)58-48-50-74-70(53-58)65-33-12-18-39-73(65)79(74)71-37-16-10-31-63(71)64-32-11-17-38-72(64)79/h1-53H. The van der Waals surface area contributed by atoms with Crippen LogP contribution >= 0.6 is 0 Å². The second-order valence-electron chi connectivity index (χ2n) is 22.5. The highest BCUT2D eigenvalue weighted by Crippen LogP contribution is 2.63.